The summed E-state index contributed by atoms with van der Waals surface area (Å²) in [4.78, 5) is 14.3. The number of likely N-dealkylation sites (N-methyl/N-ethyl adjacent to an activating group) is 1. The van der Waals surface area contributed by atoms with E-state index in [9.17, 15) is 4.79 Å². The van der Waals surface area contributed by atoms with Crippen LogP contribution in [0.15, 0.2) is 0 Å². The third-order valence-corrected chi connectivity index (χ3v) is 3.89. The second-order valence-electron chi connectivity index (χ2n) is 6.88. The lowest BCUT2D eigenvalue weighted by atomic mass is 9.94. The fraction of sp³-hybridized carbons (Fsp3) is 0.933. The van der Waals surface area contributed by atoms with E-state index in [1.807, 2.05) is 34.7 Å². The Hall–Kier alpha value is -0.610. The predicted molar refractivity (Wildman–Crippen MR) is 80.2 cm³/mol. The molecule has 1 rings (SSSR count). The van der Waals surface area contributed by atoms with Crippen LogP contribution in [0.25, 0.3) is 0 Å². The van der Waals surface area contributed by atoms with E-state index in [-0.39, 0.29) is 17.5 Å². The van der Waals surface area contributed by atoms with Gasteiger partial charge in [0.25, 0.3) is 0 Å². The summed E-state index contributed by atoms with van der Waals surface area (Å²) in [5.74, 6) is 0.946. The molecule has 1 amide bonds. The fourth-order valence-corrected chi connectivity index (χ4v) is 2.42. The van der Waals surface area contributed by atoms with Crippen molar-refractivity contribution < 1.29 is 4.79 Å². The second-order valence-corrected chi connectivity index (χ2v) is 6.88. The molecule has 0 aromatic heterocycles. The Kier molecular flexibility index (Phi) is 6.27. The van der Waals surface area contributed by atoms with Gasteiger partial charge < -0.3 is 10.6 Å². The molecule has 19 heavy (non-hydrogen) atoms. The van der Waals surface area contributed by atoms with Gasteiger partial charge >= 0.3 is 0 Å². The summed E-state index contributed by atoms with van der Waals surface area (Å²) >= 11 is 0. The topological polar surface area (TPSA) is 44.4 Å². The van der Waals surface area contributed by atoms with Crippen LogP contribution in [-0.4, -0.2) is 49.1 Å². The molecule has 0 aromatic rings. The van der Waals surface area contributed by atoms with Gasteiger partial charge in [0.1, 0.15) is 0 Å². The van der Waals surface area contributed by atoms with E-state index in [0.29, 0.717) is 0 Å². The first-order chi connectivity index (χ1) is 8.79. The maximum absolute atomic E-state index is 12.1. The van der Waals surface area contributed by atoms with E-state index in [4.69, 9.17) is 0 Å². The molecule has 0 bridgehead atoms. The largest absolute Gasteiger partial charge is 0.350 e. The van der Waals surface area contributed by atoms with Crippen molar-refractivity contribution in [2.45, 2.75) is 58.5 Å². The monoisotopic (exact) mass is 269 g/mol. The SMILES string of the molecule is CC(C(=O)NC(C)(C)C)N(C)CCC1CCNCC1. The lowest BCUT2D eigenvalue weighted by molar-refractivity contribution is -0.126. The van der Waals surface area contributed by atoms with Gasteiger partial charge in [-0.2, -0.15) is 0 Å². The molecule has 1 saturated heterocycles. The molecule has 0 aromatic carbocycles. The van der Waals surface area contributed by atoms with Crippen molar-refractivity contribution in [2.24, 2.45) is 5.92 Å². The van der Waals surface area contributed by atoms with E-state index < -0.39 is 0 Å². The van der Waals surface area contributed by atoms with Crippen LogP contribution in [0.5, 0.6) is 0 Å². The Labute approximate surface area is 118 Å². The first-order valence-corrected chi connectivity index (χ1v) is 7.52. The van der Waals surface area contributed by atoms with Crippen molar-refractivity contribution in [1.29, 1.82) is 0 Å². The molecular weight excluding hydrogens is 238 g/mol. The first-order valence-electron chi connectivity index (χ1n) is 7.52. The standard InChI is InChI=1S/C15H31N3O/c1-12(14(19)17-15(2,3)4)18(5)11-8-13-6-9-16-10-7-13/h12-13,16H,6-11H2,1-5H3,(H,17,19). The van der Waals surface area contributed by atoms with Gasteiger partial charge in [-0.3, -0.25) is 9.69 Å². The molecule has 0 spiro atoms. The maximum atomic E-state index is 12.1. The third-order valence-electron chi connectivity index (χ3n) is 3.89. The highest BCUT2D eigenvalue weighted by Gasteiger charge is 2.23. The van der Waals surface area contributed by atoms with Crippen LogP contribution in [0, 0.1) is 5.92 Å². The van der Waals surface area contributed by atoms with Gasteiger partial charge in [0.2, 0.25) is 5.91 Å². The molecule has 1 fully saturated rings. The molecule has 1 atom stereocenters. The Morgan fingerprint density at radius 3 is 2.47 bits per heavy atom. The second kappa shape index (κ2) is 7.25. The summed E-state index contributed by atoms with van der Waals surface area (Å²) in [5, 5.41) is 6.44. The minimum Gasteiger partial charge on any atom is -0.350 e. The number of nitrogens with zero attached hydrogens (tertiary/aromatic N) is 1. The molecule has 112 valence electrons. The summed E-state index contributed by atoms with van der Waals surface area (Å²) in [7, 11) is 2.05. The molecule has 1 unspecified atom stereocenters. The van der Waals surface area contributed by atoms with Crippen LogP contribution < -0.4 is 10.6 Å². The van der Waals surface area contributed by atoms with Crippen LogP contribution in [0.2, 0.25) is 0 Å². The van der Waals surface area contributed by atoms with Crippen molar-refractivity contribution in [3.63, 3.8) is 0 Å². The molecule has 0 radical (unpaired) electrons. The van der Waals surface area contributed by atoms with E-state index >= 15 is 0 Å². The van der Waals surface area contributed by atoms with Gasteiger partial charge in [0, 0.05) is 5.54 Å². The Morgan fingerprint density at radius 1 is 1.37 bits per heavy atom. The lowest BCUT2D eigenvalue weighted by Gasteiger charge is -2.30. The van der Waals surface area contributed by atoms with Crippen molar-refractivity contribution in [3.8, 4) is 0 Å². The fourth-order valence-electron chi connectivity index (χ4n) is 2.42. The molecule has 4 heteroatoms. The van der Waals surface area contributed by atoms with Crippen LogP contribution in [0.1, 0.15) is 47.0 Å². The molecule has 2 N–H and O–H groups in total. The molecule has 1 heterocycles. The Balaban J connectivity index is 2.31. The van der Waals surface area contributed by atoms with Gasteiger partial charge in [0.05, 0.1) is 6.04 Å². The minimum absolute atomic E-state index is 0.0547. The van der Waals surface area contributed by atoms with Gasteiger partial charge in [0.15, 0.2) is 0 Å². The van der Waals surface area contributed by atoms with Crippen molar-refractivity contribution in [3.05, 3.63) is 0 Å². The van der Waals surface area contributed by atoms with Crippen molar-refractivity contribution >= 4 is 5.91 Å². The quantitative estimate of drug-likeness (QED) is 0.797. The van der Waals surface area contributed by atoms with Crippen LogP contribution in [-0.2, 0) is 4.79 Å². The van der Waals surface area contributed by atoms with Crippen molar-refractivity contribution in [1.82, 2.24) is 15.5 Å². The minimum atomic E-state index is -0.152. The number of hydrogen-bond donors (Lipinski definition) is 2. The van der Waals surface area contributed by atoms with Crippen LogP contribution in [0.4, 0.5) is 0 Å². The first kappa shape index (κ1) is 16.4. The summed E-state index contributed by atoms with van der Waals surface area (Å²) in [5.41, 5.74) is -0.152. The van der Waals surface area contributed by atoms with Gasteiger partial charge in [-0.1, -0.05) is 0 Å². The molecule has 4 nitrogen and oxygen atoms in total. The summed E-state index contributed by atoms with van der Waals surface area (Å²) in [6.07, 6.45) is 3.75. The number of piperidine rings is 1. The predicted octanol–water partition coefficient (Wildman–Crippen LogP) is 1.61. The van der Waals surface area contributed by atoms with Crippen LogP contribution >= 0.6 is 0 Å². The summed E-state index contributed by atoms with van der Waals surface area (Å²) in [6, 6.07) is -0.0547. The maximum Gasteiger partial charge on any atom is 0.237 e. The molecule has 1 aliphatic rings. The highest BCUT2D eigenvalue weighted by molar-refractivity contribution is 5.81. The number of amides is 1. The Morgan fingerprint density at radius 2 is 1.95 bits per heavy atom. The molecule has 0 aliphatic carbocycles. The molecular formula is C15H31N3O. The van der Waals surface area contributed by atoms with E-state index in [2.05, 4.69) is 15.5 Å². The zero-order valence-electron chi connectivity index (χ0n) is 13.3. The van der Waals surface area contributed by atoms with E-state index in [1.54, 1.807) is 0 Å². The van der Waals surface area contributed by atoms with Crippen LogP contribution in [0.3, 0.4) is 0 Å². The number of nitrogens with one attached hydrogen (secondary N) is 2. The normalized spacial score (nSPS) is 19.5. The number of carbonyl (C=O) groups excluding carboxylic acids is 1. The van der Waals surface area contributed by atoms with Gasteiger partial charge in [-0.25, -0.2) is 0 Å². The smallest absolute Gasteiger partial charge is 0.237 e. The Bertz CT molecular complexity index is 280. The van der Waals surface area contributed by atoms with E-state index in [0.717, 1.165) is 25.6 Å². The zero-order chi connectivity index (χ0) is 14.5. The van der Waals surface area contributed by atoms with Crippen molar-refractivity contribution in [2.75, 3.05) is 26.7 Å². The summed E-state index contributed by atoms with van der Waals surface area (Å²) < 4.78 is 0. The van der Waals surface area contributed by atoms with E-state index in [1.165, 1.54) is 19.3 Å². The van der Waals surface area contributed by atoms with Gasteiger partial charge in [-0.05, 0) is 79.6 Å². The number of hydrogen-bond acceptors (Lipinski definition) is 3. The number of carbonyl (C=O) groups is 1. The highest BCUT2D eigenvalue weighted by Crippen LogP contribution is 2.16. The lowest BCUT2D eigenvalue weighted by Crippen LogP contribution is -2.50. The third kappa shape index (κ3) is 6.39. The average molecular weight is 269 g/mol. The average Bonchev–Trinajstić information content (AvgIpc) is 2.34. The summed E-state index contributed by atoms with van der Waals surface area (Å²) in [6.45, 7) is 11.3. The van der Waals surface area contributed by atoms with Gasteiger partial charge in [-0.15, -0.1) is 0 Å². The number of rotatable bonds is 5. The highest BCUT2D eigenvalue weighted by atomic mass is 16.2. The molecule has 1 aliphatic heterocycles. The zero-order valence-corrected chi connectivity index (χ0v) is 13.3. The molecule has 0 saturated carbocycles.